The van der Waals surface area contributed by atoms with Crippen LogP contribution in [-0.4, -0.2) is 94.4 Å². The van der Waals surface area contributed by atoms with Gasteiger partial charge in [0.05, 0.1) is 30.9 Å². The van der Waals surface area contributed by atoms with E-state index in [2.05, 4.69) is 15.5 Å². The summed E-state index contributed by atoms with van der Waals surface area (Å²) >= 11 is 3.54. The molecule has 0 spiro atoms. The van der Waals surface area contributed by atoms with Crippen molar-refractivity contribution in [2.75, 3.05) is 31.2 Å². The molecular weight excluding hydrogens is 522 g/mol. The lowest BCUT2D eigenvalue weighted by atomic mass is 9.89. The number of alkyl carbamates (subject to hydrolysis) is 1. The highest BCUT2D eigenvalue weighted by Crippen LogP contribution is 2.40. The number of carbonyl (C=O) groups is 2. The first-order chi connectivity index (χ1) is 18.1. The Morgan fingerprint density at radius 2 is 2.03 bits per heavy atom. The zero-order valence-electron chi connectivity index (χ0n) is 22.9. The number of fused-ring (bicyclic) bond motifs is 1. The third kappa shape index (κ3) is 8.27. The molecule has 0 saturated carbocycles. The number of amides is 2. The molecule has 212 valence electrons. The summed E-state index contributed by atoms with van der Waals surface area (Å²) in [7, 11) is 0. The third-order valence-electron chi connectivity index (χ3n) is 7.44. The van der Waals surface area contributed by atoms with Gasteiger partial charge in [-0.3, -0.25) is 9.69 Å². The summed E-state index contributed by atoms with van der Waals surface area (Å²) in [5, 5.41) is 18.0. The number of likely N-dealkylation sites (tertiary alicyclic amines) is 1. The summed E-state index contributed by atoms with van der Waals surface area (Å²) in [6, 6.07) is 9.08. The molecule has 0 radical (unpaired) electrons. The number of carbonyl (C=O) groups excluding carboxylic acids is 2. The van der Waals surface area contributed by atoms with Gasteiger partial charge in [-0.1, -0.05) is 18.2 Å². The summed E-state index contributed by atoms with van der Waals surface area (Å²) in [5.74, 6) is 2.12. The fraction of sp³-hybridized carbons (Fsp3) is 0.714. The SMILES string of the molecule is C[C@H]1OCC[C@H]1OC(=O)N[C@@H](CSc1ccccc1)[C@H](O)CN1C[C@H]2CCS[C@H]2CC1C(=O)NC(C)(C)C. The van der Waals surface area contributed by atoms with Crippen molar-refractivity contribution in [3.8, 4) is 0 Å². The third-order valence-corrected chi connectivity index (χ3v) is 10.0. The minimum absolute atomic E-state index is 0.00782. The molecule has 0 bridgehead atoms. The Bertz CT molecular complexity index is 931. The molecule has 4 rings (SSSR count). The number of nitrogens with zero attached hydrogens (tertiary/aromatic N) is 1. The topological polar surface area (TPSA) is 100 Å². The molecule has 1 aromatic carbocycles. The lowest BCUT2D eigenvalue weighted by Crippen LogP contribution is -2.60. The van der Waals surface area contributed by atoms with Crippen molar-refractivity contribution in [1.29, 1.82) is 0 Å². The van der Waals surface area contributed by atoms with Crippen LogP contribution in [0.25, 0.3) is 0 Å². The van der Waals surface area contributed by atoms with Crippen molar-refractivity contribution < 1.29 is 24.2 Å². The smallest absolute Gasteiger partial charge is 0.407 e. The molecule has 8 nitrogen and oxygen atoms in total. The van der Waals surface area contributed by atoms with Crippen LogP contribution in [0.1, 0.15) is 47.0 Å². The van der Waals surface area contributed by atoms with Crippen LogP contribution in [-0.2, 0) is 14.3 Å². The summed E-state index contributed by atoms with van der Waals surface area (Å²) in [5.41, 5.74) is -0.331. The summed E-state index contributed by atoms with van der Waals surface area (Å²) in [6.45, 7) is 9.52. The number of ether oxygens (including phenoxy) is 2. The minimum atomic E-state index is -0.869. The van der Waals surface area contributed by atoms with Crippen molar-refractivity contribution in [3.63, 3.8) is 0 Å². The van der Waals surface area contributed by atoms with E-state index in [1.165, 1.54) is 0 Å². The van der Waals surface area contributed by atoms with Gasteiger partial charge in [-0.15, -0.1) is 11.8 Å². The highest BCUT2D eigenvalue weighted by Gasteiger charge is 2.43. The van der Waals surface area contributed by atoms with E-state index >= 15 is 0 Å². The van der Waals surface area contributed by atoms with E-state index in [1.54, 1.807) is 11.8 Å². The van der Waals surface area contributed by atoms with Crippen molar-refractivity contribution in [3.05, 3.63) is 30.3 Å². The number of piperidine rings is 1. The Morgan fingerprint density at radius 1 is 1.26 bits per heavy atom. The van der Waals surface area contributed by atoms with Crippen LogP contribution < -0.4 is 10.6 Å². The van der Waals surface area contributed by atoms with E-state index in [-0.39, 0.29) is 29.7 Å². The summed E-state index contributed by atoms with van der Waals surface area (Å²) < 4.78 is 11.2. The summed E-state index contributed by atoms with van der Waals surface area (Å²) in [6.07, 6.45) is 0.732. The maximum Gasteiger partial charge on any atom is 0.407 e. The van der Waals surface area contributed by atoms with Gasteiger partial charge in [0.2, 0.25) is 5.91 Å². The molecule has 0 aromatic heterocycles. The normalized spacial score (nSPS) is 29.3. The van der Waals surface area contributed by atoms with Crippen LogP contribution in [0.5, 0.6) is 0 Å². The molecule has 1 aromatic rings. The second-order valence-corrected chi connectivity index (χ2v) is 14.1. The number of aliphatic hydroxyl groups excluding tert-OH is 1. The zero-order chi connectivity index (χ0) is 27.3. The van der Waals surface area contributed by atoms with Gasteiger partial charge >= 0.3 is 6.09 Å². The monoisotopic (exact) mass is 565 g/mol. The quantitative estimate of drug-likeness (QED) is 0.391. The van der Waals surface area contributed by atoms with Crippen LogP contribution in [0.15, 0.2) is 35.2 Å². The Hall–Kier alpha value is -1.46. The van der Waals surface area contributed by atoms with Crippen molar-refractivity contribution in [2.45, 2.75) is 93.0 Å². The van der Waals surface area contributed by atoms with Gasteiger partial charge in [0.25, 0.3) is 0 Å². The average molecular weight is 566 g/mol. The van der Waals surface area contributed by atoms with Gasteiger partial charge in [-0.25, -0.2) is 4.79 Å². The molecule has 3 aliphatic heterocycles. The highest BCUT2D eigenvalue weighted by atomic mass is 32.2. The second-order valence-electron chi connectivity index (χ2n) is 11.7. The highest BCUT2D eigenvalue weighted by molar-refractivity contribution is 8.00. The van der Waals surface area contributed by atoms with Crippen LogP contribution in [0.4, 0.5) is 4.79 Å². The molecule has 7 atom stereocenters. The number of hydrogen-bond donors (Lipinski definition) is 3. The molecule has 3 fully saturated rings. The van der Waals surface area contributed by atoms with Gasteiger partial charge in [-0.05, 0) is 64.3 Å². The molecule has 3 heterocycles. The van der Waals surface area contributed by atoms with Gasteiger partial charge in [-0.2, -0.15) is 11.8 Å². The number of benzene rings is 1. The van der Waals surface area contributed by atoms with Crippen LogP contribution >= 0.6 is 23.5 Å². The van der Waals surface area contributed by atoms with Crippen LogP contribution in [0.3, 0.4) is 0 Å². The molecule has 38 heavy (non-hydrogen) atoms. The Labute approximate surface area is 235 Å². The number of hydrogen-bond acceptors (Lipinski definition) is 8. The lowest BCUT2D eigenvalue weighted by Gasteiger charge is -2.43. The second kappa shape index (κ2) is 13.3. The van der Waals surface area contributed by atoms with E-state index in [9.17, 15) is 14.7 Å². The molecule has 3 saturated heterocycles. The van der Waals surface area contributed by atoms with Gasteiger partial charge < -0.3 is 25.2 Å². The standard InChI is InChI=1S/C28H43N3O5S2/c1-18-24(10-12-35-18)36-27(34)29-21(17-38-20-8-6-5-7-9-20)23(32)16-31-15-19-11-13-37-25(19)14-22(31)26(33)30-28(2,3)4/h5-9,18-19,21-25,32H,10-17H2,1-4H3,(H,29,34)(H,30,33)/t18-,19-,21+,22?,23-,24-,25+/m1/s1. The van der Waals surface area contributed by atoms with E-state index in [0.29, 0.717) is 36.5 Å². The zero-order valence-corrected chi connectivity index (χ0v) is 24.6. The molecule has 3 aliphatic rings. The first kappa shape index (κ1) is 29.5. The number of thioether (sulfide) groups is 2. The fourth-order valence-electron chi connectivity index (χ4n) is 5.40. The molecule has 0 aliphatic carbocycles. The largest absolute Gasteiger partial charge is 0.443 e. The maximum absolute atomic E-state index is 13.3. The Balaban J connectivity index is 1.45. The lowest BCUT2D eigenvalue weighted by molar-refractivity contribution is -0.130. The Morgan fingerprint density at radius 3 is 2.71 bits per heavy atom. The van der Waals surface area contributed by atoms with Crippen molar-refractivity contribution >= 4 is 35.5 Å². The predicted molar refractivity (Wildman–Crippen MR) is 153 cm³/mol. The Kier molecular flexibility index (Phi) is 10.3. The number of rotatable bonds is 9. The first-order valence-corrected chi connectivity index (χ1v) is 15.7. The van der Waals surface area contributed by atoms with Gasteiger partial charge in [0.15, 0.2) is 0 Å². The van der Waals surface area contributed by atoms with E-state index in [4.69, 9.17) is 9.47 Å². The van der Waals surface area contributed by atoms with Crippen molar-refractivity contribution in [1.82, 2.24) is 15.5 Å². The predicted octanol–water partition coefficient (Wildman–Crippen LogP) is 3.52. The maximum atomic E-state index is 13.3. The van der Waals surface area contributed by atoms with E-state index in [1.807, 2.05) is 69.8 Å². The molecule has 1 unspecified atom stereocenters. The average Bonchev–Trinajstić information content (AvgIpc) is 3.48. The van der Waals surface area contributed by atoms with Gasteiger partial charge in [0, 0.05) is 40.9 Å². The van der Waals surface area contributed by atoms with Crippen LogP contribution in [0.2, 0.25) is 0 Å². The number of aliphatic hydroxyl groups is 1. The summed E-state index contributed by atoms with van der Waals surface area (Å²) in [4.78, 5) is 29.4. The number of nitrogens with one attached hydrogen (secondary N) is 2. The van der Waals surface area contributed by atoms with Gasteiger partial charge in [0.1, 0.15) is 6.10 Å². The fourth-order valence-corrected chi connectivity index (χ4v) is 7.98. The van der Waals surface area contributed by atoms with Crippen molar-refractivity contribution in [2.24, 2.45) is 5.92 Å². The number of β-amino-alcohol motifs (C(OH)–C–C–N with tert-alkyl or cyclic N) is 1. The first-order valence-electron chi connectivity index (χ1n) is 13.7. The molecular formula is C28H43N3O5S2. The van der Waals surface area contributed by atoms with Crippen LogP contribution in [0, 0.1) is 5.92 Å². The minimum Gasteiger partial charge on any atom is -0.443 e. The van der Waals surface area contributed by atoms with E-state index < -0.39 is 18.2 Å². The van der Waals surface area contributed by atoms with E-state index in [0.717, 1.165) is 30.0 Å². The molecule has 3 N–H and O–H groups in total. The molecule has 2 amide bonds. The molecule has 10 heteroatoms.